The van der Waals surface area contributed by atoms with E-state index < -0.39 is 73.4 Å². The van der Waals surface area contributed by atoms with Gasteiger partial charge < -0.3 is 64.2 Å². The molecule has 5 saturated carbocycles. The fraction of sp³-hybridized carbons (Fsp3) is 1.00. The molecule has 2 spiro atoms. The lowest BCUT2D eigenvalue weighted by molar-refractivity contribution is -0.335. The normalized spacial score (nSPS) is 60.3. The van der Waals surface area contributed by atoms with Gasteiger partial charge in [-0.05, 0) is 95.7 Å². The van der Waals surface area contributed by atoms with Crippen molar-refractivity contribution in [2.24, 2.45) is 50.7 Å². The molecule has 292 valence electrons. The Kier molecular flexibility index (Phi) is 9.16. The number of hydrogen-bond acceptors (Lipinski definition) is 13. The third-order valence-electron chi connectivity index (χ3n) is 16.7. The van der Waals surface area contributed by atoms with Gasteiger partial charge in [0.1, 0.15) is 42.7 Å². The van der Waals surface area contributed by atoms with E-state index in [1.807, 2.05) is 0 Å². The van der Waals surface area contributed by atoms with E-state index in [9.17, 15) is 35.7 Å². The van der Waals surface area contributed by atoms with E-state index in [0.717, 1.165) is 44.9 Å². The van der Waals surface area contributed by atoms with Gasteiger partial charge >= 0.3 is 0 Å². The number of aliphatic hydroxyl groups is 7. The first-order chi connectivity index (χ1) is 24.0. The maximum Gasteiger partial charge on any atom is 0.186 e. The maximum absolute atomic E-state index is 11.2. The number of aliphatic hydroxyl groups excluding tert-OH is 7. The molecule has 3 aliphatic heterocycles. The largest absolute Gasteiger partial charge is 0.394 e. The molecule has 51 heavy (non-hydrogen) atoms. The summed E-state index contributed by atoms with van der Waals surface area (Å²) in [6, 6.07) is 0. The molecular weight excluding hydrogens is 664 g/mol. The summed E-state index contributed by atoms with van der Waals surface area (Å²) in [5.41, 5.74) is -0.682. The van der Waals surface area contributed by atoms with Crippen molar-refractivity contribution in [2.45, 2.75) is 166 Å². The molecule has 13 heteroatoms. The fourth-order valence-corrected chi connectivity index (χ4v) is 14.1. The second-order valence-electron chi connectivity index (χ2n) is 19.0. The van der Waals surface area contributed by atoms with Gasteiger partial charge in [0.2, 0.25) is 0 Å². The monoisotopic (exact) mass is 726 g/mol. The highest BCUT2D eigenvalue weighted by atomic mass is 16.7. The Bertz CT molecular complexity index is 1320. The Hall–Kier alpha value is -0.520. The molecule has 0 aromatic carbocycles. The maximum atomic E-state index is 11.2. The van der Waals surface area contributed by atoms with Crippen LogP contribution in [0.5, 0.6) is 0 Å². The van der Waals surface area contributed by atoms with Crippen LogP contribution in [0.25, 0.3) is 0 Å². The summed E-state index contributed by atoms with van der Waals surface area (Å²) in [5.74, 6) is 0.967. The van der Waals surface area contributed by atoms with Crippen molar-refractivity contribution in [3.63, 3.8) is 0 Å². The van der Waals surface area contributed by atoms with Crippen LogP contribution in [-0.2, 0) is 28.4 Å². The van der Waals surface area contributed by atoms with E-state index in [1.165, 1.54) is 0 Å². The first kappa shape index (κ1) is 37.4. The summed E-state index contributed by atoms with van der Waals surface area (Å²) in [7, 11) is 1.71. The summed E-state index contributed by atoms with van der Waals surface area (Å²) in [6.45, 7) is 11.0. The highest BCUT2D eigenvalue weighted by molar-refractivity contribution is 5.33. The fourth-order valence-electron chi connectivity index (χ4n) is 14.1. The lowest BCUT2D eigenvalue weighted by Gasteiger charge is -2.65. The van der Waals surface area contributed by atoms with Crippen LogP contribution in [0, 0.1) is 50.7 Å². The van der Waals surface area contributed by atoms with Crippen LogP contribution in [-0.4, -0.2) is 136 Å². The molecule has 8 rings (SSSR count). The third-order valence-corrected chi connectivity index (χ3v) is 16.7. The van der Waals surface area contributed by atoms with Crippen molar-refractivity contribution in [1.82, 2.24) is 0 Å². The van der Waals surface area contributed by atoms with Crippen molar-refractivity contribution in [2.75, 3.05) is 20.3 Å². The predicted octanol–water partition coefficient (Wildman–Crippen LogP) is 1.05. The molecule has 8 aliphatic rings. The van der Waals surface area contributed by atoms with E-state index >= 15 is 0 Å². The van der Waals surface area contributed by atoms with Gasteiger partial charge in [-0.2, -0.15) is 0 Å². The molecule has 0 unspecified atom stereocenters. The van der Waals surface area contributed by atoms with Gasteiger partial charge in [-0.3, -0.25) is 0 Å². The van der Waals surface area contributed by atoms with Crippen molar-refractivity contribution < 1.29 is 64.2 Å². The van der Waals surface area contributed by atoms with Crippen LogP contribution in [0.1, 0.15) is 86.0 Å². The molecule has 7 N–H and O–H groups in total. The number of rotatable bonds is 6. The second kappa shape index (κ2) is 12.5. The summed E-state index contributed by atoms with van der Waals surface area (Å²) < 4.78 is 37.7. The van der Waals surface area contributed by atoms with E-state index in [-0.39, 0.29) is 58.6 Å². The van der Waals surface area contributed by atoms with Gasteiger partial charge in [-0.1, -0.05) is 34.6 Å². The molecule has 0 aromatic heterocycles. The Labute approximate surface area is 300 Å². The second-order valence-corrected chi connectivity index (χ2v) is 19.0. The van der Waals surface area contributed by atoms with E-state index in [1.54, 1.807) is 7.11 Å². The zero-order valence-corrected chi connectivity index (χ0v) is 31.0. The first-order valence-electron chi connectivity index (χ1n) is 19.4. The molecule has 0 amide bonds. The topological polar surface area (TPSA) is 197 Å². The Morgan fingerprint density at radius 1 is 0.765 bits per heavy atom. The zero-order chi connectivity index (χ0) is 36.6. The van der Waals surface area contributed by atoms with Crippen molar-refractivity contribution in [3.05, 3.63) is 0 Å². The van der Waals surface area contributed by atoms with Crippen molar-refractivity contribution in [1.29, 1.82) is 0 Å². The summed E-state index contributed by atoms with van der Waals surface area (Å²) in [4.78, 5) is 0. The van der Waals surface area contributed by atoms with Gasteiger partial charge in [-0.15, -0.1) is 0 Å². The molecule has 21 atom stereocenters. The Morgan fingerprint density at radius 3 is 2.20 bits per heavy atom. The molecule has 0 radical (unpaired) electrons. The van der Waals surface area contributed by atoms with Crippen LogP contribution in [0.4, 0.5) is 0 Å². The average Bonchev–Trinajstić information content (AvgIpc) is 3.67. The quantitative estimate of drug-likeness (QED) is 0.192. The van der Waals surface area contributed by atoms with Crippen LogP contribution >= 0.6 is 0 Å². The summed E-state index contributed by atoms with van der Waals surface area (Å²) >= 11 is 0. The van der Waals surface area contributed by atoms with Gasteiger partial charge in [0.05, 0.1) is 31.5 Å². The average molecular weight is 727 g/mol. The zero-order valence-electron chi connectivity index (χ0n) is 31.0. The van der Waals surface area contributed by atoms with Crippen LogP contribution in [0.15, 0.2) is 0 Å². The molecule has 3 heterocycles. The molecular formula is C38H62O13. The number of ether oxygens (including phenoxy) is 6. The number of fused-ring (bicyclic) bond motifs is 4. The highest BCUT2D eigenvalue weighted by Crippen LogP contribution is 2.89. The number of methoxy groups -OCH3 is 1. The molecule has 3 saturated heterocycles. The minimum absolute atomic E-state index is 0.0254. The SMILES string of the molecule is CO[C@H]1C[C@@H](C)[C@H]2[C@H](C[C@@]3(C)[C@@H]4[C@@H](O[C@@H]5O[C@H](CO)[C@@H](O)[C@H](O)[C@H]5O)C[C@@H]5C(C)(C)[C@@H](O[C@@H]6OC[C@@H](O)[C@H](O)[C@H]6O)CC[C@@]56C[C@@]46CC[C@]23C)O1. The summed E-state index contributed by atoms with van der Waals surface area (Å²) in [5, 5.41) is 73.8. The minimum Gasteiger partial charge on any atom is -0.394 e. The lowest BCUT2D eigenvalue weighted by atomic mass is 9.41. The van der Waals surface area contributed by atoms with Gasteiger partial charge in [0.25, 0.3) is 0 Å². The van der Waals surface area contributed by atoms with Crippen LogP contribution in [0.3, 0.4) is 0 Å². The van der Waals surface area contributed by atoms with Gasteiger partial charge in [-0.25, -0.2) is 0 Å². The van der Waals surface area contributed by atoms with Crippen LogP contribution < -0.4 is 0 Å². The van der Waals surface area contributed by atoms with Gasteiger partial charge in [0.15, 0.2) is 18.9 Å². The smallest absolute Gasteiger partial charge is 0.186 e. The van der Waals surface area contributed by atoms with Crippen molar-refractivity contribution in [3.8, 4) is 0 Å². The molecule has 5 aliphatic carbocycles. The molecule has 8 fully saturated rings. The third kappa shape index (κ3) is 5.06. The Balaban J connectivity index is 1.16. The lowest BCUT2D eigenvalue weighted by Crippen LogP contribution is -2.65. The predicted molar refractivity (Wildman–Crippen MR) is 178 cm³/mol. The van der Waals surface area contributed by atoms with Gasteiger partial charge in [0, 0.05) is 13.5 Å². The van der Waals surface area contributed by atoms with Crippen LogP contribution in [0.2, 0.25) is 0 Å². The van der Waals surface area contributed by atoms with E-state index in [2.05, 4.69) is 34.6 Å². The Morgan fingerprint density at radius 2 is 1.49 bits per heavy atom. The summed E-state index contributed by atoms with van der Waals surface area (Å²) in [6.07, 6.45) is -5.55. The van der Waals surface area contributed by atoms with Crippen molar-refractivity contribution >= 4 is 0 Å². The standard InChI is InChI=1S/C38H62O13/c1-17-11-24(46-6)48-20-13-36(5)31-19(49-33-30(45)28(43)27(42)21(14-39)50-33)12-22-34(2,3)23(51-32-29(44)26(41)18(40)15-47-32)7-8-37(22)16-38(31,37)10-9-35(36,4)25(17)20/h17-33,39-45H,7-16H2,1-6H3/t17-,18-,19+,20+,21-,22-,23+,24-,25+,26+,27-,28+,29-,30-,31+,32+,33-,35-,36+,37-,38+/m1/s1. The number of hydrogen-bond donors (Lipinski definition) is 7. The van der Waals surface area contributed by atoms with E-state index in [4.69, 9.17) is 28.4 Å². The highest BCUT2D eigenvalue weighted by Gasteiger charge is 2.85. The molecule has 0 aromatic rings. The molecule has 0 bridgehead atoms. The van der Waals surface area contributed by atoms with E-state index in [0.29, 0.717) is 18.3 Å². The molecule has 13 nitrogen and oxygen atoms in total. The first-order valence-corrected chi connectivity index (χ1v) is 19.4. The minimum atomic E-state index is -1.54.